The lowest BCUT2D eigenvalue weighted by Crippen LogP contribution is -2.24. The van der Waals surface area contributed by atoms with Crippen LogP contribution in [0, 0.1) is 0 Å². The number of rotatable bonds is 2. The summed E-state index contributed by atoms with van der Waals surface area (Å²) in [6.45, 7) is 0. The highest BCUT2D eigenvalue weighted by atomic mass is 32.2. The van der Waals surface area contributed by atoms with Gasteiger partial charge in [0.25, 0.3) is 9.84 Å². The van der Waals surface area contributed by atoms with E-state index in [1.807, 2.05) is 42.5 Å². The second kappa shape index (κ2) is 6.44. The topological polar surface area (TPSA) is 34.1 Å². The summed E-state index contributed by atoms with van der Waals surface area (Å²) in [6, 6.07) is 22.7. The van der Waals surface area contributed by atoms with Crippen LogP contribution >= 0.6 is 0 Å². The Morgan fingerprint density at radius 1 is 0.700 bits per heavy atom. The van der Waals surface area contributed by atoms with Crippen molar-refractivity contribution < 1.29 is 21.6 Å². The fourth-order valence-corrected chi connectivity index (χ4v) is 5.28. The lowest BCUT2D eigenvalue weighted by Gasteiger charge is -2.18. The normalized spacial score (nSPS) is 13.3. The molecule has 0 bridgehead atoms. The highest BCUT2D eigenvalue weighted by Gasteiger charge is 2.48. The van der Waals surface area contributed by atoms with Gasteiger partial charge in [-0.15, -0.1) is 0 Å². The molecule has 0 unspecified atom stereocenters. The van der Waals surface area contributed by atoms with E-state index in [0.717, 1.165) is 28.1 Å². The fourth-order valence-electron chi connectivity index (χ4n) is 4.28. The summed E-state index contributed by atoms with van der Waals surface area (Å²) < 4.78 is 65.7. The van der Waals surface area contributed by atoms with Crippen LogP contribution in [0.15, 0.2) is 83.8 Å². The number of sulfone groups is 1. The molecule has 0 saturated heterocycles. The fraction of sp³-hybridized carbons (Fsp3) is 0.0833. The predicted molar refractivity (Wildman–Crippen MR) is 111 cm³/mol. The van der Waals surface area contributed by atoms with Crippen LogP contribution < -0.4 is 0 Å². The van der Waals surface area contributed by atoms with Crippen molar-refractivity contribution in [2.24, 2.45) is 0 Å². The second-order valence-electron chi connectivity index (χ2n) is 7.27. The van der Waals surface area contributed by atoms with E-state index < -0.39 is 20.2 Å². The summed E-state index contributed by atoms with van der Waals surface area (Å²) in [5.74, 6) is 0. The molecule has 0 saturated carbocycles. The second-order valence-corrected chi connectivity index (χ2v) is 9.18. The van der Waals surface area contributed by atoms with Crippen molar-refractivity contribution in [1.29, 1.82) is 0 Å². The maximum absolute atomic E-state index is 13.6. The molecule has 0 aliphatic heterocycles. The van der Waals surface area contributed by atoms with Gasteiger partial charge in [0.15, 0.2) is 0 Å². The van der Waals surface area contributed by atoms with Crippen LogP contribution in [0.2, 0.25) is 0 Å². The molecule has 5 rings (SSSR count). The van der Waals surface area contributed by atoms with Gasteiger partial charge in [0.2, 0.25) is 0 Å². The van der Waals surface area contributed by atoms with Crippen LogP contribution in [0.1, 0.15) is 11.1 Å². The lowest BCUT2D eigenvalue weighted by atomic mass is 9.92. The number of hydrogen-bond donors (Lipinski definition) is 0. The zero-order chi connectivity index (χ0) is 21.1. The molecule has 0 heterocycles. The van der Waals surface area contributed by atoms with Gasteiger partial charge in [-0.3, -0.25) is 0 Å². The van der Waals surface area contributed by atoms with E-state index in [9.17, 15) is 21.6 Å². The minimum atomic E-state index is -5.53. The van der Waals surface area contributed by atoms with Crippen molar-refractivity contribution in [1.82, 2.24) is 0 Å². The van der Waals surface area contributed by atoms with Gasteiger partial charge >= 0.3 is 5.51 Å². The van der Waals surface area contributed by atoms with Crippen LogP contribution in [-0.4, -0.2) is 13.9 Å². The van der Waals surface area contributed by atoms with Crippen LogP contribution in [0.25, 0.3) is 33.0 Å². The monoisotopic (exact) mass is 424 g/mol. The molecule has 6 heteroatoms. The Balaban J connectivity index is 1.91. The molecule has 0 amide bonds. The first-order chi connectivity index (χ1) is 14.3. The molecule has 150 valence electrons. The van der Waals surface area contributed by atoms with Gasteiger partial charge < -0.3 is 0 Å². The molecule has 0 radical (unpaired) electrons. The van der Waals surface area contributed by atoms with Crippen molar-refractivity contribution in [3.63, 3.8) is 0 Å². The summed E-state index contributed by atoms with van der Waals surface area (Å²) in [4.78, 5) is -0.696. The van der Waals surface area contributed by atoms with Gasteiger partial charge in [0.1, 0.15) is 0 Å². The van der Waals surface area contributed by atoms with Gasteiger partial charge in [-0.2, -0.15) is 13.2 Å². The van der Waals surface area contributed by atoms with Gasteiger partial charge in [-0.05, 0) is 51.1 Å². The number of fused-ring (bicyclic) bond motifs is 4. The highest BCUT2D eigenvalue weighted by Crippen LogP contribution is 2.47. The maximum Gasteiger partial charge on any atom is 0.501 e. The standard InChI is InChI=1S/C24H15F3O2S/c25-24(26,27)30(28,29)22-13-12-19-18-10-4-2-7-16(18)14-21(19)23(22)20-11-5-8-15-6-1-3-9-17(15)20/h1-13H,14H2. The third-order valence-corrected chi connectivity index (χ3v) is 7.13. The number of benzene rings is 4. The maximum atomic E-state index is 13.6. The minimum Gasteiger partial charge on any atom is -0.214 e. The Hall–Kier alpha value is -3.12. The highest BCUT2D eigenvalue weighted by molar-refractivity contribution is 7.92. The number of hydrogen-bond acceptors (Lipinski definition) is 2. The van der Waals surface area contributed by atoms with E-state index in [4.69, 9.17) is 0 Å². The largest absolute Gasteiger partial charge is 0.501 e. The van der Waals surface area contributed by atoms with Crippen molar-refractivity contribution in [2.45, 2.75) is 16.8 Å². The third kappa shape index (κ3) is 2.67. The molecule has 0 fully saturated rings. The molecule has 2 nitrogen and oxygen atoms in total. The minimum absolute atomic E-state index is 0.137. The molecule has 30 heavy (non-hydrogen) atoms. The Bertz CT molecular complexity index is 1420. The first-order valence-corrected chi connectivity index (χ1v) is 10.8. The Morgan fingerprint density at radius 3 is 2.17 bits per heavy atom. The first-order valence-electron chi connectivity index (χ1n) is 9.33. The van der Waals surface area contributed by atoms with E-state index in [0.29, 0.717) is 22.9 Å². The summed E-state index contributed by atoms with van der Waals surface area (Å²) >= 11 is 0. The predicted octanol–water partition coefficient (Wildman–Crippen LogP) is 6.37. The van der Waals surface area contributed by atoms with Crippen LogP contribution in [-0.2, 0) is 16.3 Å². The van der Waals surface area contributed by atoms with Crippen molar-refractivity contribution >= 4 is 20.6 Å². The van der Waals surface area contributed by atoms with Crippen molar-refractivity contribution in [3.8, 4) is 22.3 Å². The van der Waals surface area contributed by atoms with E-state index in [-0.39, 0.29) is 5.56 Å². The van der Waals surface area contributed by atoms with Crippen molar-refractivity contribution in [3.05, 3.63) is 90.0 Å². The SMILES string of the molecule is O=S(=O)(c1ccc2c(c1-c1cccc3ccccc13)Cc1ccccc1-2)C(F)(F)F. The van der Waals surface area contributed by atoms with E-state index in [1.54, 1.807) is 24.3 Å². The Kier molecular flexibility index (Phi) is 4.05. The molecular weight excluding hydrogens is 409 g/mol. The Labute approximate surface area is 171 Å². The molecule has 0 spiro atoms. The average molecular weight is 424 g/mol. The van der Waals surface area contributed by atoms with Gasteiger partial charge in [0.05, 0.1) is 4.90 Å². The molecule has 4 aromatic carbocycles. The molecule has 1 aliphatic rings. The summed E-state index contributed by atoms with van der Waals surface area (Å²) in [6.07, 6.45) is 0.380. The van der Waals surface area contributed by atoms with Crippen LogP contribution in [0.5, 0.6) is 0 Å². The van der Waals surface area contributed by atoms with Crippen LogP contribution in [0.3, 0.4) is 0 Å². The van der Waals surface area contributed by atoms with Gasteiger partial charge in [-0.25, -0.2) is 8.42 Å². The Morgan fingerprint density at radius 2 is 1.37 bits per heavy atom. The number of halogens is 3. The first kappa shape index (κ1) is 18.9. The molecule has 0 atom stereocenters. The molecule has 4 aromatic rings. The summed E-state index contributed by atoms with van der Waals surface area (Å²) in [5, 5.41) is 1.54. The van der Waals surface area contributed by atoms with Gasteiger partial charge in [0, 0.05) is 5.56 Å². The molecular formula is C24H15F3O2S. The van der Waals surface area contributed by atoms with E-state index >= 15 is 0 Å². The smallest absolute Gasteiger partial charge is 0.214 e. The van der Waals surface area contributed by atoms with Crippen LogP contribution in [0.4, 0.5) is 13.2 Å². The molecule has 1 aliphatic carbocycles. The average Bonchev–Trinajstić information content (AvgIpc) is 3.10. The lowest BCUT2D eigenvalue weighted by molar-refractivity contribution is -0.0435. The zero-order valence-electron chi connectivity index (χ0n) is 15.6. The van der Waals surface area contributed by atoms with E-state index in [1.165, 1.54) is 6.07 Å². The quantitative estimate of drug-likeness (QED) is 0.330. The number of alkyl halides is 3. The van der Waals surface area contributed by atoms with Gasteiger partial charge in [-0.1, -0.05) is 72.8 Å². The van der Waals surface area contributed by atoms with Crippen molar-refractivity contribution in [2.75, 3.05) is 0 Å². The summed E-state index contributed by atoms with van der Waals surface area (Å²) in [7, 11) is -5.53. The zero-order valence-corrected chi connectivity index (χ0v) is 16.4. The summed E-state index contributed by atoms with van der Waals surface area (Å²) in [5.41, 5.74) is -1.49. The van der Waals surface area contributed by atoms with E-state index in [2.05, 4.69) is 0 Å². The molecule has 0 aromatic heterocycles. The third-order valence-electron chi connectivity index (χ3n) is 5.60. The molecule has 0 N–H and O–H groups in total.